The van der Waals surface area contributed by atoms with Crippen molar-refractivity contribution in [2.45, 2.75) is 5.37 Å². The van der Waals surface area contributed by atoms with Gasteiger partial charge in [-0.25, -0.2) is 4.99 Å². The molecule has 0 aromatic rings. The predicted molar refractivity (Wildman–Crippen MR) is 42.4 cm³/mol. The Hall–Kier alpha value is -0.220. The second-order valence-corrected chi connectivity index (χ2v) is 2.20. The second-order valence-electron chi connectivity index (χ2n) is 1.29. The van der Waals surface area contributed by atoms with Gasteiger partial charge in [-0.1, -0.05) is 12.2 Å². The number of rotatable bonds is 0. The van der Waals surface area contributed by atoms with Gasteiger partial charge in [-0.05, 0) is 0 Å². The molecule has 0 aromatic heterocycles. The van der Waals surface area contributed by atoms with Gasteiger partial charge < -0.3 is 0 Å². The molecular weight excluding hydrogens is 140 g/mol. The molecule has 0 bridgehead atoms. The zero-order chi connectivity index (χ0) is 5.98. The fraction of sp³-hybridized carbons (Fsp3) is 0.250. The lowest BCUT2D eigenvalue weighted by Crippen LogP contribution is -2.11. The Morgan fingerprint density at radius 1 is 1.62 bits per heavy atom. The van der Waals surface area contributed by atoms with E-state index in [4.69, 9.17) is 12.2 Å². The van der Waals surface area contributed by atoms with Crippen molar-refractivity contribution in [3.8, 4) is 0 Å². The topological polar surface area (TPSA) is 24.7 Å². The minimum Gasteiger partial charge on any atom is -0.270 e. The van der Waals surface area contributed by atoms with E-state index in [1.807, 2.05) is 0 Å². The van der Waals surface area contributed by atoms with Gasteiger partial charge in [0.2, 0.25) is 0 Å². The maximum absolute atomic E-state index is 4.74. The molecule has 1 unspecified atom stereocenters. The Kier molecular flexibility index (Phi) is 1.75. The Morgan fingerprint density at radius 2 is 2.38 bits per heavy atom. The first-order chi connectivity index (χ1) is 3.80. The van der Waals surface area contributed by atoms with Crippen LogP contribution in [0.1, 0.15) is 0 Å². The summed E-state index contributed by atoms with van der Waals surface area (Å²) in [6, 6.07) is 0. The molecule has 1 aliphatic heterocycles. The third kappa shape index (κ3) is 1.14. The maximum atomic E-state index is 4.74. The van der Waals surface area contributed by atoms with Crippen LogP contribution in [0.4, 0.5) is 0 Å². The number of hydrogen-bond donors (Lipinski definition) is 1. The predicted octanol–water partition coefficient (Wildman–Crippen LogP) is 0.725. The van der Waals surface area contributed by atoms with E-state index in [1.165, 1.54) is 0 Å². The van der Waals surface area contributed by atoms with Gasteiger partial charge in [0.05, 0.1) is 0 Å². The fourth-order valence-electron chi connectivity index (χ4n) is 0.357. The maximum Gasteiger partial charge on any atom is 0.145 e. The van der Waals surface area contributed by atoms with E-state index in [2.05, 4.69) is 22.6 Å². The highest BCUT2D eigenvalue weighted by atomic mass is 32.1. The van der Waals surface area contributed by atoms with Crippen LogP contribution < -0.4 is 0 Å². The SMILES string of the molecule is S=C1N=CC=NC1S. The van der Waals surface area contributed by atoms with Crippen molar-refractivity contribution in [2.75, 3.05) is 0 Å². The van der Waals surface area contributed by atoms with Crippen molar-refractivity contribution >= 4 is 42.3 Å². The van der Waals surface area contributed by atoms with E-state index in [9.17, 15) is 0 Å². The molecule has 0 amide bonds. The lowest BCUT2D eigenvalue weighted by atomic mass is 10.6. The highest BCUT2D eigenvalue weighted by Crippen LogP contribution is 2.02. The van der Waals surface area contributed by atoms with E-state index >= 15 is 0 Å². The van der Waals surface area contributed by atoms with Crippen LogP contribution in [0.5, 0.6) is 0 Å². The van der Waals surface area contributed by atoms with Gasteiger partial charge in [0, 0.05) is 12.4 Å². The summed E-state index contributed by atoms with van der Waals surface area (Å²) in [4.78, 5) is 8.19. The van der Waals surface area contributed by atoms with E-state index < -0.39 is 0 Å². The minimum absolute atomic E-state index is 0.199. The van der Waals surface area contributed by atoms with Crippen LogP contribution in [-0.2, 0) is 0 Å². The van der Waals surface area contributed by atoms with Gasteiger partial charge >= 0.3 is 0 Å². The lowest BCUT2D eigenvalue weighted by molar-refractivity contribution is 1.23. The highest BCUT2D eigenvalue weighted by Gasteiger charge is 2.05. The molecule has 1 rings (SSSR count). The average molecular weight is 144 g/mol. The van der Waals surface area contributed by atoms with Gasteiger partial charge in [0.1, 0.15) is 10.4 Å². The zero-order valence-electron chi connectivity index (χ0n) is 3.98. The third-order valence-electron chi connectivity index (χ3n) is 0.717. The molecule has 1 aliphatic rings. The van der Waals surface area contributed by atoms with Crippen LogP contribution in [0.3, 0.4) is 0 Å². The van der Waals surface area contributed by atoms with E-state index in [1.54, 1.807) is 12.4 Å². The molecule has 0 radical (unpaired) electrons. The van der Waals surface area contributed by atoms with Crippen molar-refractivity contribution in [3.63, 3.8) is 0 Å². The van der Waals surface area contributed by atoms with Crippen LogP contribution >= 0.6 is 24.8 Å². The first-order valence-electron chi connectivity index (χ1n) is 2.08. The summed E-state index contributed by atoms with van der Waals surface area (Å²) in [5.74, 6) is 0. The van der Waals surface area contributed by atoms with Crippen molar-refractivity contribution in [3.05, 3.63) is 0 Å². The van der Waals surface area contributed by atoms with E-state index in [0.29, 0.717) is 4.99 Å². The smallest absolute Gasteiger partial charge is 0.145 e. The number of thiol groups is 1. The Bertz CT molecular complexity index is 161. The molecule has 0 aromatic carbocycles. The molecule has 42 valence electrons. The zero-order valence-corrected chi connectivity index (χ0v) is 5.69. The van der Waals surface area contributed by atoms with Crippen LogP contribution in [0.25, 0.3) is 0 Å². The Labute approximate surface area is 58.1 Å². The summed E-state index contributed by atoms with van der Waals surface area (Å²) in [5, 5.41) is -0.199. The summed E-state index contributed by atoms with van der Waals surface area (Å²) < 4.78 is 0. The highest BCUT2D eigenvalue weighted by molar-refractivity contribution is 7.86. The summed E-state index contributed by atoms with van der Waals surface area (Å²) in [6.45, 7) is 0. The molecule has 1 heterocycles. The molecular formula is C4H4N2S2. The average Bonchev–Trinajstić information content (AvgIpc) is 1.77. The molecule has 0 saturated carbocycles. The lowest BCUT2D eigenvalue weighted by Gasteiger charge is -2.03. The largest absolute Gasteiger partial charge is 0.270 e. The third-order valence-corrected chi connectivity index (χ3v) is 1.60. The van der Waals surface area contributed by atoms with Crippen molar-refractivity contribution < 1.29 is 0 Å². The van der Waals surface area contributed by atoms with Crippen molar-refractivity contribution in [1.29, 1.82) is 0 Å². The Morgan fingerprint density at radius 3 is 2.75 bits per heavy atom. The van der Waals surface area contributed by atoms with Crippen LogP contribution in [-0.4, -0.2) is 22.8 Å². The first kappa shape index (κ1) is 5.91. The van der Waals surface area contributed by atoms with Gasteiger partial charge in [-0.2, -0.15) is 0 Å². The molecule has 4 heteroatoms. The molecule has 2 nitrogen and oxygen atoms in total. The molecule has 0 aliphatic carbocycles. The van der Waals surface area contributed by atoms with Gasteiger partial charge in [0.15, 0.2) is 0 Å². The molecule has 1 atom stereocenters. The first-order valence-corrected chi connectivity index (χ1v) is 3.01. The second kappa shape index (κ2) is 2.37. The monoisotopic (exact) mass is 144 g/mol. The summed E-state index contributed by atoms with van der Waals surface area (Å²) >= 11 is 8.74. The van der Waals surface area contributed by atoms with Gasteiger partial charge in [-0.15, -0.1) is 12.6 Å². The minimum atomic E-state index is -0.199. The molecule has 0 N–H and O–H groups in total. The van der Waals surface area contributed by atoms with Crippen LogP contribution in [0, 0.1) is 0 Å². The van der Waals surface area contributed by atoms with Gasteiger partial charge in [-0.3, -0.25) is 4.99 Å². The molecule has 8 heavy (non-hydrogen) atoms. The standard InChI is InChI=1S/C4H4N2S2/c7-3-4(8)6-2-1-5-3/h1-3,7H. The molecule has 0 fully saturated rings. The van der Waals surface area contributed by atoms with E-state index in [-0.39, 0.29) is 5.37 Å². The number of hydrogen-bond acceptors (Lipinski definition) is 3. The van der Waals surface area contributed by atoms with Crippen LogP contribution in [0.2, 0.25) is 0 Å². The molecule has 0 spiro atoms. The number of thiocarbonyl (C=S) groups is 1. The fourth-order valence-corrected chi connectivity index (χ4v) is 0.623. The normalized spacial score (nSPS) is 26.6. The quantitative estimate of drug-likeness (QED) is 0.393. The number of nitrogens with zero attached hydrogens (tertiary/aromatic N) is 2. The van der Waals surface area contributed by atoms with Crippen molar-refractivity contribution in [1.82, 2.24) is 0 Å². The summed E-state index contributed by atoms with van der Waals surface area (Å²) in [7, 11) is 0. The summed E-state index contributed by atoms with van der Waals surface area (Å²) in [5.41, 5.74) is 0. The Balaban J connectivity index is 2.74. The van der Waals surface area contributed by atoms with Crippen molar-refractivity contribution in [2.24, 2.45) is 9.98 Å². The summed E-state index contributed by atoms with van der Waals surface area (Å²) in [6.07, 6.45) is 3.16. The van der Waals surface area contributed by atoms with Crippen LogP contribution in [0.15, 0.2) is 9.98 Å². The van der Waals surface area contributed by atoms with E-state index in [0.717, 1.165) is 0 Å². The molecule has 0 saturated heterocycles. The van der Waals surface area contributed by atoms with Gasteiger partial charge in [0.25, 0.3) is 0 Å². The number of aliphatic imine (C=N–C) groups is 2.